The van der Waals surface area contributed by atoms with Crippen molar-refractivity contribution < 1.29 is 14.3 Å². The van der Waals surface area contributed by atoms with Gasteiger partial charge in [0.2, 0.25) is 0 Å². The number of esters is 1. The quantitative estimate of drug-likeness (QED) is 0.848. The molecule has 0 saturated heterocycles. The third-order valence-corrected chi connectivity index (χ3v) is 2.95. The van der Waals surface area contributed by atoms with E-state index >= 15 is 0 Å². The van der Waals surface area contributed by atoms with Crippen LogP contribution in [0.3, 0.4) is 0 Å². The molecule has 0 heterocycles. The fraction of sp³-hybridized carbons (Fsp3) is 0.188. The van der Waals surface area contributed by atoms with E-state index in [1.54, 1.807) is 12.1 Å². The highest BCUT2D eigenvalue weighted by atomic mass is 16.5. The Labute approximate surface area is 118 Å². The smallest absolute Gasteiger partial charge is 0.327 e. The van der Waals surface area contributed by atoms with Gasteiger partial charge in [-0.25, -0.2) is 0 Å². The van der Waals surface area contributed by atoms with Gasteiger partial charge in [-0.05, 0) is 11.6 Å². The van der Waals surface area contributed by atoms with Crippen LogP contribution >= 0.6 is 0 Å². The zero-order valence-corrected chi connectivity index (χ0v) is 11.3. The SMILES string of the molecule is COC(=O)[C@H](N)c1ccccc1OCc1ccccc1. The summed E-state index contributed by atoms with van der Waals surface area (Å²) in [5.41, 5.74) is 7.53. The van der Waals surface area contributed by atoms with Gasteiger partial charge >= 0.3 is 5.97 Å². The topological polar surface area (TPSA) is 61.5 Å². The summed E-state index contributed by atoms with van der Waals surface area (Å²) in [4.78, 5) is 11.5. The van der Waals surface area contributed by atoms with Crippen LogP contribution in [-0.4, -0.2) is 13.1 Å². The molecule has 2 aromatic rings. The molecule has 0 aromatic heterocycles. The minimum Gasteiger partial charge on any atom is -0.489 e. The molecule has 0 aliphatic carbocycles. The Balaban J connectivity index is 2.14. The van der Waals surface area contributed by atoms with Crippen molar-refractivity contribution in [2.45, 2.75) is 12.6 Å². The van der Waals surface area contributed by atoms with Crippen LogP contribution in [0.5, 0.6) is 5.75 Å². The number of carbonyl (C=O) groups is 1. The molecule has 0 aliphatic rings. The third-order valence-electron chi connectivity index (χ3n) is 2.95. The Morgan fingerprint density at radius 2 is 1.75 bits per heavy atom. The molecular formula is C16H17NO3. The van der Waals surface area contributed by atoms with Gasteiger partial charge in [0.15, 0.2) is 0 Å². The lowest BCUT2D eigenvalue weighted by atomic mass is 10.1. The first-order valence-electron chi connectivity index (χ1n) is 6.31. The number of carbonyl (C=O) groups excluding carboxylic acids is 1. The van der Waals surface area contributed by atoms with Gasteiger partial charge < -0.3 is 15.2 Å². The Kier molecular flexibility index (Phi) is 4.74. The molecule has 4 heteroatoms. The van der Waals surface area contributed by atoms with Crippen molar-refractivity contribution in [3.8, 4) is 5.75 Å². The first-order chi connectivity index (χ1) is 9.72. The Morgan fingerprint density at radius 1 is 1.10 bits per heavy atom. The van der Waals surface area contributed by atoms with Crippen LogP contribution in [0.1, 0.15) is 17.2 Å². The lowest BCUT2D eigenvalue weighted by Crippen LogP contribution is -2.23. The second-order valence-corrected chi connectivity index (χ2v) is 4.31. The van der Waals surface area contributed by atoms with Crippen LogP contribution in [-0.2, 0) is 16.1 Å². The number of hydrogen-bond donors (Lipinski definition) is 1. The third kappa shape index (κ3) is 3.36. The molecule has 0 radical (unpaired) electrons. The van der Waals surface area contributed by atoms with Gasteiger partial charge in [0, 0.05) is 5.56 Å². The highest BCUT2D eigenvalue weighted by Gasteiger charge is 2.20. The molecule has 0 spiro atoms. The number of rotatable bonds is 5. The first kappa shape index (κ1) is 14.1. The van der Waals surface area contributed by atoms with Crippen molar-refractivity contribution in [1.82, 2.24) is 0 Å². The first-order valence-corrected chi connectivity index (χ1v) is 6.31. The second-order valence-electron chi connectivity index (χ2n) is 4.31. The van der Waals surface area contributed by atoms with E-state index < -0.39 is 12.0 Å². The van der Waals surface area contributed by atoms with Crippen molar-refractivity contribution in [2.75, 3.05) is 7.11 Å². The van der Waals surface area contributed by atoms with E-state index in [0.717, 1.165) is 5.56 Å². The van der Waals surface area contributed by atoms with Crippen molar-refractivity contribution >= 4 is 5.97 Å². The predicted molar refractivity (Wildman–Crippen MR) is 76.2 cm³/mol. The Bertz CT molecular complexity index is 569. The zero-order chi connectivity index (χ0) is 14.4. The van der Waals surface area contributed by atoms with Gasteiger partial charge in [-0.3, -0.25) is 4.79 Å². The van der Waals surface area contributed by atoms with Gasteiger partial charge in [-0.2, -0.15) is 0 Å². The van der Waals surface area contributed by atoms with Crippen LogP contribution in [0.25, 0.3) is 0 Å². The van der Waals surface area contributed by atoms with Crippen LogP contribution in [0.2, 0.25) is 0 Å². The predicted octanol–water partition coefficient (Wildman–Crippen LogP) is 2.44. The van der Waals surface area contributed by atoms with E-state index in [4.69, 9.17) is 10.5 Å². The molecule has 0 aliphatic heterocycles. The van der Waals surface area contributed by atoms with E-state index in [-0.39, 0.29) is 0 Å². The van der Waals surface area contributed by atoms with E-state index in [2.05, 4.69) is 4.74 Å². The average molecular weight is 271 g/mol. The lowest BCUT2D eigenvalue weighted by Gasteiger charge is -2.15. The van der Waals surface area contributed by atoms with Gasteiger partial charge in [0.25, 0.3) is 0 Å². The fourth-order valence-corrected chi connectivity index (χ4v) is 1.86. The van der Waals surface area contributed by atoms with Gasteiger partial charge in [0.05, 0.1) is 7.11 Å². The average Bonchev–Trinajstić information content (AvgIpc) is 2.52. The Hall–Kier alpha value is -2.33. The summed E-state index contributed by atoms with van der Waals surface area (Å²) in [6.07, 6.45) is 0. The van der Waals surface area contributed by atoms with Crippen LogP contribution in [0.4, 0.5) is 0 Å². The summed E-state index contributed by atoms with van der Waals surface area (Å²) in [6.45, 7) is 0.422. The standard InChI is InChI=1S/C16H17NO3/c1-19-16(18)15(17)13-9-5-6-10-14(13)20-11-12-7-3-2-4-8-12/h2-10,15H,11,17H2,1H3/t15-/m1/s1. The number of methoxy groups -OCH3 is 1. The van der Waals surface area contributed by atoms with Gasteiger partial charge in [-0.15, -0.1) is 0 Å². The van der Waals surface area contributed by atoms with Gasteiger partial charge in [0.1, 0.15) is 18.4 Å². The number of para-hydroxylation sites is 1. The molecule has 0 bridgehead atoms. The fourth-order valence-electron chi connectivity index (χ4n) is 1.86. The summed E-state index contributed by atoms with van der Waals surface area (Å²) < 4.78 is 10.4. The van der Waals surface area contributed by atoms with E-state index in [1.807, 2.05) is 42.5 Å². The van der Waals surface area contributed by atoms with Crippen molar-refractivity contribution in [1.29, 1.82) is 0 Å². The molecule has 2 N–H and O–H groups in total. The molecule has 20 heavy (non-hydrogen) atoms. The number of ether oxygens (including phenoxy) is 2. The molecule has 1 atom stereocenters. The Morgan fingerprint density at radius 3 is 2.45 bits per heavy atom. The maximum atomic E-state index is 11.5. The summed E-state index contributed by atoms with van der Waals surface area (Å²) in [6, 6.07) is 16.2. The highest BCUT2D eigenvalue weighted by Crippen LogP contribution is 2.25. The van der Waals surface area contributed by atoms with Crippen molar-refractivity contribution in [3.63, 3.8) is 0 Å². The van der Waals surface area contributed by atoms with Gasteiger partial charge in [-0.1, -0.05) is 48.5 Å². The molecule has 2 rings (SSSR count). The largest absolute Gasteiger partial charge is 0.489 e. The summed E-state index contributed by atoms with van der Waals surface area (Å²) in [5, 5.41) is 0. The highest BCUT2D eigenvalue weighted by molar-refractivity contribution is 5.78. The van der Waals surface area contributed by atoms with E-state index in [0.29, 0.717) is 17.9 Å². The maximum Gasteiger partial charge on any atom is 0.327 e. The van der Waals surface area contributed by atoms with Crippen LogP contribution < -0.4 is 10.5 Å². The number of nitrogens with two attached hydrogens (primary N) is 1. The van der Waals surface area contributed by atoms with E-state index in [9.17, 15) is 4.79 Å². The minimum atomic E-state index is -0.841. The van der Waals surface area contributed by atoms with Crippen molar-refractivity contribution in [2.24, 2.45) is 5.73 Å². The number of benzene rings is 2. The summed E-state index contributed by atoms with van der Waals surface area (Å²) in [7, 11) is 1.32. The monoisotopic (exact) mass is 271 g/mol. The van der Waals surface area contributed by atoms with Crippen LogP contribution in [0.15, 0.2) is 54.6 Å². The molecule has 4 nitrogen and oxygen atoms in total. The molecule has 0 unspecified atom stereocenters. The number of hydrogen-bond acceptors (Lipinski definition) is 4. The molecular weight excluding hydrogens is 254 g/mol. The minimum absolute atomic E-state index is 0.422. The molecule has 0 amide bonds. The van der Waals surface area contributed by atoms with Crippen LogP contribution in [0, 0.1) is 0 Å². The van der Waals surface area contributed by atoms with Crippen molar-refractivity contribution in [3.05, 3.63) is 65.7 Å². The van der Waals surface area contributed by atoms with E-state index in [1.165, 1.54) is 7.11 Å². The summed E-state index contributed by atoms with van der Waals surface area (Å²) >= 11 is 0. The molecule has 2 aromatic carbocycles. The molecule has 0 fully saturated rings. The lowest BCUT2D eigenvalue weighted by molar-refractivity contribution is -0.142. The molecule has 104 valence electrons. The zero-order valence-electron chi connectivity index (χ0n) is 11.3. The summed E-state index contributed by atoms with van der Waals surface area (Å²) in [5.74, 6) is 0.106. The molecule has 0 saturated carbocycles. The second kappa shape index (κ2) is 6.73. The normalized spacial score (nSPS) is 11.7. The maximum absolute atomic E-state index is 11.5.